The second kappa shape index (κ2) is 9.55. The topological polar surface area (TPSA) is 50.4 Å². The number of hydrogen-bond acceptors (Lipinski definition) is 1. The summed E-state index contributed by atoms with van der Waals surface area (Å²) in [4.78, 5) is 3.93. The Morgan fingerprint density at radius 2 is 1.94 bits per heavy atom. The monoisotopic (exact) mass is 365 g/mol. The first-order valence-electron chi connectivity index (χ1n) is 5.06. The first kappa shape index (κ1) is 18.9. The minimum atomic E-state index is -4.07. The second-order valence-corrected chi connectivity index (χ2v) is 3.66. The standard InChI is InChI=1S/C10H18F3N3.HI/c1-8(2)7-16-9(14)15-6-4-3-5-10(11,12)13;/h1,3-7H2,2H3,(H3,14,15,16);1H. The van der Waals surface area contributed by atoms with Crippen LogP contribution < -0.4 is 11.1 Å². The molecule has 0 aromatic rings. The fraction of sp³-hybridized carbons (Fsp3) is 0.700. The summed E-state index contributed by atoms with van der Waals surface area (Å²) < 4.78 is 35.3. The molecule has 0 bridgehead atoms. The predicted octanol–water partition coefficient (Wildman–Crippen LogP) is 2.82. The number of alkyl halides is 3. The molecule has 0 aliphatic carbocycles. The van der Waals surface area contributed by atoms with Gasteiger partial charge in [0.2, 0.25) is 0 Å². The molecule has 0 radical (unpaired) electrons. The lowest BCUT2D eigenvalue weighted by Gasteiger charge is -2.07. The van der Waals surface area contributed by atoms with Crippen LogP contribution in [0, 0.1) is 0 Å². The van der Waals surface area contributed by atoms with Crippen LogP contribution in [0.5, 0.6) is 0 Å². The van der Waals surface area contributed by atoms with Gasteiger partial charge in [0.05, 0.1) is 6.54 Å². The third-order valence-electron chi connectivity index (χ3n) is 1.71. The van der Waals surface area contributed by atoms with Crippen molar-refractivity contribution in [3.63, 3.8) is 0 Å². The maximum absolute atomic E-state index is 11.8. The summed E-state index contributed by atoms with van der Waals surface area (Å²) in [6.45, 7) is 6.30. The van der Waals surface area contributed by atoms with Crippen molar-refractivity contribution in [1.82, 2.24) is 5.32 Å². The molecule has 0 rings (SSSR count). The van der Waals surface area contributed by atoms with Crippen molar-refractivity contribution in [2.45, 2.75) is 32.4 Å². The van der Waals surface area contributed by atoms with Crippen molar-refractivity contribution in [2.24, 2.45) is 10.7 Å². The Kier molecular flexibility index (Phi) is 10.6. The highest BCUT2D eigenvalue weighted by Crippen LogP contribution is 2.21. The summed E-state index contributed by atoms with van der Waals surface area (Å²) in [6, 6.07) is 0. The molecule has 0 fully saturated rings. The van der Waals surface area contributed by atoms with E-state index in [2.05, 4.69) is 16.9 Å². The largest absolute Gasteiger partial charge is 0.389 e. The SMILES string of the molecule is C=C(C)CN=C(N)NCCCCC(F)(F)F.I. The molecule has 0 atom stereocenters. The van der Waals surface area contributed by atoms with Crippen molar-refractivity contribution in [1.29, 1.82) is 0 Å². The normalized spacial score (nSPS) is 11.9. The van der Waals surface area contributed by atoms with Gasteiger partial charge in [-0.1, -0.05) is 12.2 Å². The summed E-state index contributed by atoms with van der Waals surface area (Å²) >= 11 is 0. The lowest BCUT2D eigenvalue weighted by Crippen LogP contribution is -2.32. The molecule has 0 unspecified atom stereocenters. The molecule has 3 nitrogen and oxygen atoms in total. The molecular weight excluding hydrogens is 346 g/mol. The van der Waals surface area contributed by atoms with Gasteiger partial charge in [-0.15, -0.1) is 24.0 Å². The van der Waals surface area contributed by atoms with Crippen LogP contribution in [0.3, 0.4) is 0 Å². The van der Waals surface area contributed by atoms with Gasteiger partial charge < -0.3 is 11.1 Å². The number of nitrogens with two attached hydrogens (primary N) is 1. The first-order chi connectivity index (χ1) is 7.31. The maximum atomic E-state index is 11.8. The van der Waals surface area contributed by atoms with E-state index in [-0.39, 0.29) is 36.4 Å². The number of aliphatic imine (C=N–C) groups is 1. The van der Waals surface area contributed by atoms with E-state index in [1.165, 1.54) is 0 Å². The third-order valence-corrected chi connectivity index (χ3v) is 1.71. The lowest BCUT2D eigenvalue weighted by molar-refractivity contribution is -0.135. The first-order valence-corrected chi connectivity index (χ1v) is 5.06. The second-order valence-electron chi connectivity index (χ2n) is 3.66. The van der Waals surface area contributed by atoms with Crippen LogP contribution in [0.4, 0.5) is 13.2 Å². The molecule has 7 heteroatoms. The quantitative estimate of drug-likeness (QED) is 0.250. The minimum Gasteiger partial charge on any atom is -0.370 e. The molecule has 0 amide bonds. The summed E-state index contributed by atoms with van der Waals surface area (Å²) in [7, 11) is 0. The van der Waals surface area contributed by atoms with Crippen molar-refractivity contribution in [3.8, 4) is 0 Å². The van der Waals surface area contributed by atoms with Crippen LogP contribution in [0.15, 0.2) is 17.1 Å². The van der Waals surface area contributed by atoms with Gasteiger partial charge >= 0.3 is 6.18 Å². The molecule has 0 saturated carbocycles. The maximum Gasteiger partial charge on any atom is 0.389 e. The summed E-state index contributed by atoms with van der Waals surface area (Å²) in [5.74, 6) is 0.245. The van der Waals surface area contributed by atoms with Gasteiger partial charge in [0.25, 0.3) is 0 Å². The minimum absolute atomic E-state index is 0. The lowest BCUT2D eigenvalue weighted by atomic mass is 10.2. The van der Waals surface area contributed by atoms with Crippen molar-refractivity contribution in [2.75, 3.05) is 13.1 Å². The fourth-order valence-corrected chi connectivity index (χ4v) is 0.943. The molecule has 0 aromatic carbocycles. The van der Waals surface area contributed by atoms with E-state index in [4.69, 9.17) is 5.73 Å². The number of halogens is 4. The molecular formula is C10H19F3IN3. The number of rotatable bonds is 6. The highest BCUT2D eigenvalue weighted by atomic mass is 127. The van der Waals surface area contributed by atoms with Crippen LogP contribution in [-0.4, -0.2) is 25.2 Å². The Morgan fingerprint density at radius 1 is 1.35 bits per heavy atom. The third kappa shape index (κ3) is 15.5. The van der Waals surface area contributed by atoms with Crippen molar-refractivity contribution in [3.05, 3.63) is 12.2 Å². The van der Waals surface area contributed by atoms with Crippen molar-refractivity contribution >= 4 is 29.9 Å². The summed E-state index contributed by atoms with van der Waals surface area (Å²) in [5.41, 5.74) is 6.34. The molecule has 0 aliphatic rings. The zero-order valence-electron chi connectivity index (χ0n) is 9.81. The molecule has 102 valence electrons. The highest BCUT2D eigenvalue weighted by Gasteiger charge is 2.25. The van der Waals surface area contributed by atoms with Gasteiger partial charge in [-0.2, -0.15) is 13.2 Å². The Bertz CT molecular complexity index is 252. The fourth-order valence-electron chi connectivity index (χ4n) is 0.943. The zero-order valence-corrected chi connectivity index (χ0v) is 12.1. The van der Waals surface area contributed by atoms with Crippen LogP contribution in [0.1, 0.15) is 26.2 Å². The molecule has 0 saturated heterocycles. The van der Waals surface area contributed by atoms with E-state index >= 15 is 0 Å². The van der Waals surface area contributed by atoms with Crippen LogP contribution in [-0.2, 0) is 0 Å². The van der Waals surface area contributed by atoms with Gasteiger partial charge in [-0.05, 0) is 19.8 Å². The molecule has 17 heavy (non-hydrogen) atoms. The number of nitrogens with zero attached hydrogens (tertiary/aromatic N) is 1. The Labute approximate surface area is 117 Å². The molecule has 0 aliphatic heterocycles. The molecule has 0 heterocycles. The number of guanidine groups is 1. The van der Waals surface area contributed by atoms with E-state index in [1.54, 1.807) is 0 Å². The number of nitrogens with one attached hydrogen (secondary N) is 1. The highest BCUT2D eigenvalue weighted by molar-refractivity contribution is 14.0. The van der Waals surface area contributed by atoms with E-state index in [0.29, 0.717) is 19.5 Å². The van der Waals surface area contributed by atoms with Crippen LogP contribution >= 0.6 is 24.0 Å². The Balaban J connectivity index is 0. The predicted molar refractivity (Wildman–Crippen MR) is 74.6 cm³/mol. The molecule has 0 aromatic heterocycles. The van der Waals surface area contributed by atoms with Crippen LogP contribution in [0.25, 0.3) is 0 Å². The van der Waals surface area contributed by atoms with Gasteiger partial charge in [-0.25, -0.2) is 4.99 Å². The van der Waals surface area contributed by atoms with Crippen LogP contribution in [0.2, 0.25) is 0 Å². The van der Waals surface area contributed by atoms with Gasteiger partial charge in [0.1, 0.15) is 0 Å². The molecule has 0 spiro atoms. The molecule has 3 N–H and O–H groups in total. The average Bonchev–Trinajstić information content (AvgIpc) is 2.12. The van der Waals surface area contributed by atoms with Gasteiger partial charge in [0, 0.05) is 13.0 Å². The summed E-state index contributed by atoms with van der Waals surface area (Å²) in [5, 5.41) is 2.74. The number of hydrogen-bond donors (Lipinski definition) is 2. The van der Waals surface area contributed by atoms with E-state index in [0.717, 1.165) is 5.57 Å². The van der Waals surface area contributed by atoms with E-state index in [1.807, 2.05) is 6.92 Å². The Hall–Kier alpha value is -0.470. The number of unbranched alkanes of at least 4 members (excludes halogenated alkanes) is 1. The van der Waals surface area contributed by atoms with E-state index in [9.17, 15) is 13.2 Å². The van der Waals surface area contributed by atoms with Gasteiger partial charge in [0.15, 0.2) is 5.96 Å². The smallest absolute Gasteiger partial charge is 0.370 e. The van der Waals surface area contributed by atoms with Crippen molar-refractivity contribution < 1.29 is 13.2 Å². The van der Waals surface area contributed by atoms with E-state index < -0.39 is 12.6 Å². The van der Waals surface area contributed by atoms with Gasteiger partial charge in [-0.3, -0.25) is 0 Å². The summed E-state index contributed by atoms with van der Waals surface area (Å²) in [6.07, 6.45) is -4.30. The Morgan fingerprint density at radius 3 is 2.41 bits per heavy atom. The zero-order chi connectivity index (χ0) is 12.6. The average molecular weight is 365 g/mol.